The molecule has 0 unspecified atom stereocenters. The van der Waals surface area contributed by atoms with Gasteiger partial charge in [-0.1, -0.05) is 30.7 Å². The quantitative estimate of drug-likeness (QED) is 0.725. The lowest BCUT2D eigenvalue weighted by Crippen LogP contribution is -2.23. The Bertz CT molecular complexity index is 857. The van der Waals surface area contributed by atoms with Crippen molar-refractivity contribution in [2.24, 2.45) is 13.0 Å². The van der Waals surface area contributed by atoms with Gasteiger partial charge in [0.2, 0.25) is 0 Å². The van der Waals surface area contributed by atoms with Crippen molar-refractivity contribution in [3.63, 3.8) is 0 Å². The van der Waals surface area contributed by atoms with Crippen LogP contribution in [0.5, 0.6) is 0 Å². The SMILES string of the molecule is Cn1cc(-c2ccc(CC(=O)C3CCC3)cc2)c2ccncc21. The number of fused-ring (bicyclic) bond motifs is 1. The standard InChI is InChI=1S/C20H20N2O/c1-22-13-18(17-9-10-21-12-19(17)22)15-7-5-14(6-8-15)11-20(23)16-3-2-4-16/h5-10,12-13,16H,2-4,11H2,1H3. The Hall–Kier alpha value is -2.42. The largest absolute Gasteiger partial charge is 0.349 e. The Morgan fingerprint density at radius 1 is 1.22 bits per heavy atom. The average Bonchev–Trinajstić information content (AvgIpc) is 2.84. The van der Waals surface area contributed by atoms with Gasteiger partial charge in [-0.3, -0.25) is 9.78 Å². The third-order valence-electron chi connectivity index (χ3n) is 5.00. The molecule has 2 aromatic heterocycles. The summed E-state index contributed by atoms with van der Waals surface area (Å²) in [6, 6.07) is 10.5. The average molecular weight is 304 g/mol. The second-order valence-corrected chi connectivity index (χ2v) is 6.51. The second kappa shape index (κ2) is 5.65. The topological polar surface area (TPSA) is 34.9 Å². The molecule has 0 spiro atoms. The Morgan fingerprint density at radius 2 is 2.00 bits per heavy atom. The van der Waals surface area contributed by atoms with Crippen LogP contribution in [0.4, 0.5) is 0 Å². The molecule has 0 radical (unpaired) electrons. The van der Waals surface area contributed by atoms with Gasteiger partial charge in [0.05, 0.1) is 11.7 Å². The molecule has 23 heavy (non-hydrogen) atoms. The fourth-order valence-electron chi connectivity index (χ4n) is 3.34. The second-order valence-electron chi connectivity index (χ2n) is 6.51. The number of Topliss-reactive ketones (excluding diaryl/α,β-unsaturated/α-hetero) is 1. The highest BCUT2D eigenvalue weighted by Crippen LogP contribution is 2.31. The highest BCUT2D eigenvalue weighted by Gasteiger charge is 2.24. The van der Waals surface area contributed by atoms with E-state index in [1.807, 2.05) is 19.4 Å². The molecule has 3 nitrogen and oxygen atoms in total. The van der Waals surface area contributed by atoms with Gasteiger partial charge >= 0.3 is 0 Å². The van der Waals surface area contributed by atoms with E-state index in [2.05, 4.69) is 46.1 Å². The summed E-state index contributed by atoms with van der Waals surface area (Å²) in [6.45, 7) is 0. The number of hydrogen-bond acceptors (Lipinski definition) is 2. The van der Waals surface area contributed by atoms with E-state index >= 15 is 0 Å². The number of rotatable bonds is 4. The van der Waals surface area contributed by atoms with Gasteiger partial charge in [0.15, 0.2) is 0 Å². The third-order valence-corrected chi connectivity index (χ3v) is 5.00. The number of hydrogen-bond donors (Lipinski definition) is 0. The van der Waals surface area contributed by atoms with Crippen LogP contribution in [0.2, 0.25) is 0 Å². The molecule has 0 amide bonds. The number of benzene rings is 1. The lowest BCUT2D eigenvalue weighted by molar-refractivity contribution is -0.124. The highest BCUT2D eigenvalue weighted by molar-refractivity contribution is 5.95. The van der Waals surface area contributed by atoms with E-state index in [0.717, 1.165) is 23.9 Å². The highest BCUT2D eigenvalue weighted by atomic mass is 16.1. The van der Waals surface area contributed by atoms with E-state index < -0.39 is 0 Å². The van der Waals surface area contributed by atoms with Crippen LogP contribution in [-0.2, 0) is 18.3 Å². The minimum absolute atomic E-state index is 0.320. The van der Waals surface area contributed by atoms with E-state index in [-0.39, 0.29) is 0 Å². The molecule has 2 heterocycles. The van der Waals surface area contributed by atoms with Crippen molar-refractivity contribution in [2.75, 3.05) is 0 Å². The zero-order valence-electron chi connectivity index (χ0n) is 13.3. The Labute approximate surface area is 136 Å². The summed E-state index contributed by atoms with van der Waals surface area (Å²) < 4.78 is 2.10. The van der Waals surface area contributed by atoms with E-state index in [1.165, 1.54) is 22.9 Å². The first-order valence-electron chi connectivity index (χ1n) is 8.23. The third kappa shape index (κ3) is 2.56. The van der Waals surface area contributed by atoms with Gasteiger partial charge in [0.25, 0.3) is 0 Å². The van der Waals surface area contributed by atoms with Crippen molar-refractivity contribution in [1.82, 2.24) is 9.55 Å². The van der Waals surface area contributed by atoms with Gasteiger partial charge in [-0.25, -0.2) is 0 Å². The van der Waals surface area contributed by atoms with Gasteiger partial charge < -0.3 is 4.57 Å². The molecule has 1 aliphatic carbocycles. The normalized spacial score (nSPS) is 14.8. The van der Waals surface area contributed by atoms with Crippen LogP contribution >= 0.6 is 0 Å². The summed E-state index contributed by atoms with van der Waals surface area (Å²) in [7, 11) is 2.04. The van der Waals surface area contributed by atoms with Crippen LogP contribution in [0.1, 0.15) is 24.8 Å². The van der Waals surface area contributed by atoms with E-state index in [1.54, 1.807) is 0 Å². The first kappa shape index (κ1) is 14.2. The van der Waals surface area contributed by atoms with Gasteiger partial charge in [0.1, 0.15) is 5.78 Å². The van der Waals surface area contributed by atoms with Gasteiger partial charge in [0, 0.05) is 42.7 Å². The molecule has 0 atom stereocenters. The summed E-state index contributed by atoms with van der Waals surface area (Å²) in [5, 5.41) is 1.21. The van der Waals surface area contributed by atoms with Crippen molar-refractivity contribution in [3.05, 3.63) is 54.5 Å². The van der Waals surface area contributed by atoms with E-state index in [0.29, 0.717) is 18.1 Å². The number of aromatic nitrogens is 2. The van der Waals surface area contributed by atoms with Crippen molar-refractivity contribution >= 4 is 16.7 Å². The van der Waals surface area contributed by atoms with Crippen molar-refractivity contribution < 1.29 is 4.79 Å². The molecular formula is C20H20N2O. The van der Waals surface area contributed by atoms with E-state index in [9.17, 15) is 4.79 Å². The molecule has 1 saturated carbocycles. The van der Waals surface area contributed by atoms with Crippen LogP contribution in [-0.4, -0.2) is 15.3 Å². The predicted octanol–water partition coefficient (Wildman–Crippen LogP) is 4.15. The lowest BCUT2D eigenvalue weighted by Gasteiger charge is -2.23. The molecule has 4 rings (SSSR count). The molecule has 3 heteroatoms. The van der Waals surface area contributed by atoms with Crippen LogP contribution < -0.4 is 0 Å². The van der Waals surface area contributed by atoms with Crippen molar-refractivity contribution in [3.8, 4) is 11.1 Å². The molecule has 3 aromatic rings. The first-order valence-corrected chi connectivity index (χ1v) is 8.23. The maximum atomic E-state index is 12.1. The molecular weight excluding hydrogens is 284 g/mol. The molecule has 0 aliphatic heterocycles. The van der Waals surface area contributed by atoms with Gasteiger partial charge in [-0.2, -0.15) is 0 Å². The van der Waals surface area contributed by atoms with Crippen molar-refractivity contribution in [1.29, 1.82) is 0 Å². The monoisotopic (exact) mass is 304 g/mol. The van der Waals surface area contributed by atoms with Crippen LogP contribution in [0, 0.1) is 5.92 Å². The zero-order valence-corrected chi connectivity index (χ0v) is 13.3. The van der Waals surface area contributed by atoms with Gasteiger partial charge in [-0.05, 0) is 30.0 Å². The summed E-state index contributed by atoms with van der Waals surface area (Å²) in [5.41, 5.74) is 4.64. The summed E-state index contributed by atoms with van der Waals surface area (Å²) in [5.74, 6) is 0.723. The first-order chi connectivity index (χ1) is 11.2. The number of ketones is 1. The molecule has 1 aliphatic rings. The van der Waals surface area contributed by atoms with Crippen LogP contribution in [0.15, 0.2) is 48.9 Å². The molecule has 1 fully saturated rings. The Morgan fingerprint density at radius 3 is 2.70 bits per heavy atom. The smallest absolute Gasteiger partial charge is 0.140 e. The summed E-state index contributed by atoms with van der Waals surface area (Å²) in [6.07, 6.45) is 9.82. The number of carbonyl (C=O) groups is 1. The Balaban J connectivity index is 1.61. The molecule has 0 bridgehead atoms. The maximum Gasteiger partial charge on any atom is 0.140 e. The van der Waals surface area contributed by atoms with Gasteiger partial charge in [-0.15, -0.1) is 0 Å². The fraction of sp³-hybridized carbons (Fsp3) is 0.300. The number of carbonyl (C=O) groups excluding carboxylic acids is 1. The minimum atomic E-state index is 0.320. The molecule has 0 N–H and O–H groups in total. The van der Waals surface area contributed by atoms with Crippen LogP contribution in [0.25, 0.3) is 22.0 Å². The number of pyridine rings is 1. The van der Waals surface area contributed by atoms with E-state index in [4.69, 9.17) is 0 Å². The number of aryl methyl sites for hydroxylation is 1. The van der Waals surface area contributed by atoms with Crippen LogP contribution in [0.3, 0.4) is 0 Å². The molecule has 1 aromatic carbocycles. The predicted molar refractivity (Wildman–Crippen MR) is 92.2 cm³/mol. The zero-order chi connectivity index (χ0) is 15.8. The molecule has 0 saturated heterocycles. The maximum absolute atomic E-state index is 12.1. The number of nitrogens with zero attached hydrogens (tertiary/aromatic N) is 2. The summed E-state index contributed by atoms with van der Waals surface area (Å²) >= 11 is 0. The summed E-state index contributed by atoms with van der Waals surface area (Å²) in [4.78, 5) is 16.3. The Kier molecular flexibility index (Phi) is 3.49. The molecule has 116 valence electrons. The lowest BCUT2D eigenvalue weighted by atomic mass is 9.80. The van der Waals surface area contributed by atoms with Crippen molar-refractivity contribution in [2.45, 2.75) is 25.7 Å². The minimum Gasteiger partial charge on any atom is -0.349 e. The fourth-order valence-corrected chi connectivity index (χ4v) is 3.34.